The summed E-state index contributed by atoms with van der Waals surface area (Å²) in [4.78, 5) is 12.4. The molecule has 1 fully saturated rings. The standard InChI is InChI=1S/C19H28O2/c1-5-19(13-14(2)3)11-7-10-17(19)21-18(20)16-9-6-8-15(4)12-16/h6,8-9,12,14,17H,5,7,10-11,13H2,1-4H3. The van der Waals surface area contributed by atoms with Crippen LogP contribution in [-0.2, 0) is 4.74 Å². The van der Waals surface area contributed by atoms with Gasteiger partial charge in [0.25, 0.3) is 0 Å². The van der Waals surface area contributed by atoms with Crippen LogP contribution >= 0.6 is 0 Å². The molecule has 0 aliphatic heterocycles. The summed E-state index contributed by atoms with van der Waals surface area (Å²) in [6, 6.07) is 7.68. The van der Waals surface area contributed by atoms with Crippen molar-refractivity contribution in [2.75, 3.05) is 0 Å². The monoisotopic (exact) mass is 288 g/mol. The first kappa shape index (κ1) is 16.1. The van der Waals surface area contributed by atoms with E-state index in [1.165, 1.54) is 12.8 Å². The van der Waals surface area contributed by atoms with Gasteiger partial charge in [-0.3, -0.25) is 0 Å². The Morgan fingerprint density at radius 1 is 1.43 bits per heavy atom. The largest absolute Gasteiger partial charge is 0.458 e. The molecule has 1 aliphatic carbocycles. The molecule has 0 aromatic heterocycles. The Balaban J connectivity index is 2.12. The number of benzene rings is 1. The van der Waals surface area contributed by atoms with Gasteiger partial charge in [0.15, 0.2) is 0 Å². The normalized spacial score (nSPS) is 25.3. The second kappa shape index (κ2) is 6.64. The molecule has 2 unspecified atom stereocenters. The van der Waals surface area contributed by atoms with Crippen LogP contribution in [0.4, 0.5) is 0 Å². The second-order valence-electron chi connectivity index (χ2n) is 6.97. The van der Waals surface area contributed by atoms with Crippen LogP contribution in [0.5, 0.6) is 0 Å². The maximum atomic E-state index is 12.4. The molecule has 21 heavy (non-hydrogen) atoms. The molecule has 0 spiro atoms. The summed E-state index contributed by atoms with van der Waals surface area (Å²) in [6.07, 6.45) is 5.70. The molecular weight excluding hydrogens is 260 g/mol. The van der Waals surface area contributed by atoms with Crippen LogP contribution in [0.3, 0.4) is 0 Å². The van der Waals surface area contributed by atoms with Crippen molar-refractivity contribution in [1.29, 1.82) is 0 Å². The summed E-state index contributed by atoms with van der Waals surface area (Å²) in [6.45, 7) is 8.76. The van der Waals surface area contributed by atoms with Gasteiger partial charge in [0.1, 0.15) is 6.10 Å². The average Bonchev–Trinajstić information content (AvgIpc) is 2.81. The molecular formula is C19H28O2. The number of carbonyl (C=O) groups excluding carboxylic acids is 1. The van der Waals surface area contributed by atoms with Gasteiger partial charge in [0, 0.05) is 5.41 Å². The van der Waals surface area contributed by atoms with Gasteiger partial charge in [-0.05, 0) is 57.1 Å². The molecule has 2 nitrogen and oxygen atoms in total. The van der Waals surface area contributed by atoms with Gasteiger partial charge in [-0.15, -0.1) is 0 Å². The predicted molar refractivity (Wildman–Crippen MR) is 86.4 cm³/mol. The minimum atomic E-state index is -0.160. The molecule has 0 amide bonds. The van der Waals surface area contributed by atoms with Crippen molar-refractivity contribution in [3.63, 3.8) is 0 Å². The Bertz CT molecular complexity index is 492. The molecule has 2 rings (SSSR count). The molecule has 1 aromatic rings. The number of carbonyl (C=O) groups is 1. The highest BCUT2D eigenvalue weighted by molar-refractivity contribution is 5.89. The van der Waals surface area contributed by atoms with Gasteiger partial charge in [-0.1, -0.05) is 38.5 Å². The number of aryl methyl sites for hydroxylation is 1. The fourth-order valence-electron chi connectivity index (χ4n) is 3.86. The fourth-order valence-corrected chi connectivity index (χ4v) is 3.86. The summed E-state index contributed by atoms with van der Waals surface area (Å²) in [7, 11) is 0. The smallest absolute Gasteiger partial charge is 0.338 e. The molecule has 116 valence electrons. The lowest BCUT2D eigenvalue weighted by Gasteiger charge is -2.35. The molecule has 0 N–H and O–H groups in total. The van der Waals surface area contributed by atoms with Crippen molar-refractivity contribution in [2.24, 2.45) is 11.3 Å². The summed E-state index contributed by atoms with van der Waals surface area (Å²) >= 11 is 0. The number of esters is 1. The second-order valence-corrected chi connectivity index (χ2v) is 6.97. The first-order valence-corrected chi connectivity index (χ1v) is 8.24. The quantitative estimate of drug-likeness (QED) is 0.701. The van der Waals surface area contributed by atoms with Crippen LogP contribution in [0.2, 0.25) is 0 Å². The van der Waals surface area contributed by atoms with Gasteiger partial charge >= 0.3 is 5.97 Å². The van der Waals surface area contributed by atoms with Crippen LogP contribution < -0.4 is 0 Å². The van der Waals surface area contributed by atoms with E-state index in [1.807, 2.05) is 31.2 Å². The van der Waals surface area contributed by atoms with Gasteiger partial charge in [0.2, 0.25) is 0 Å². The van der Waals surface area contributed by atoms with Crippen molar-refractivity contribution in [1.82, 2.24) is 0 Å². The highest BCUT2D eigenvalue weighted by Gasteiger charge is 2.44. The molecule has 2 heteroatoms. The van der Waals surface area contributed by atoms with Crippen LogP contribution in [-0.4, -0.2) is 12.1 Å². The summed E-state index contributed by atoms with van der Waals surface area (Å²) < 4.78 is 5.92. The van der Waals surface area contributed by atoms with E-state index in [9.17, 15) is 4.79 Å². The first-order valence-electron chi connectivity index (χ1n) is 8.24. The van der Waals surface area contributed by atoms with Crippen molar-refractivity contribution >= 4 is 5.97 Å². The third kappa shape index (κ3) is 3.66. The predicted octanol–water partition coefficient (Wildman–Crippen LogP) is 5.15. The number of ether oxygens (including phenoxy) is 1. The molecule has 0 bridgehead atoms. The Hall–Kier alpha value is -1.31. The van der Waals surface area contributed by atoms with Gasteiger partial charge in [-0.25, -0.2) is 4.79 Å². The third-order valence-corrected chi connectivity index (χ3v) is 4.85. The van der Waals surface area contributed by atoms with Crippen molar-refractivity contribution in [2.45, 2.75) is 65.9 Å². The van der Waals surface area contributed by atoms with E-state index in [-0.39, 0.29) is 17.5 Å². The molecule has 1 aliphatic rings. The Kier molecular flexibility index (Phi) is 5.08. The van der Waals surface area contributed by atoms with Crippen molar-refractivity contribution in [3.05, 3.63) is 35.4 Å². The third-order valence-electron chi connectivity index (χ3n) is 4.85. The van der Waals surface area contributed by atoms with E-state index in [0.29, 0.717) is 11.5 Å². The number of rotatable bonds is 5. The lowest BCUT2D eigenvalue weighted by atomic mass is 9.75. The maximum absolute atomic E-state index is 12.4. The Morgan fingerprint density at radius 2 is 2.19 bits per heavy atom. The van der Waals surface area contributed by atoms with E-state index in [2.05, 4.69) is 20.8 Å². The Morgan fingerprint density at radius 3 is 2.81 bits per heavy atom. The molecule has 2 atom stereocenters. The highest BCUT2D eigenvalue weighted by atomic mass is 16.5. The van der Waals surface area contributed by atoms with Crippen LogP contribution in [0.1, 0.15) is 68.8 Å². The van der Waals surface area contributed by atoms with Gasteiger partial charge in [-0.2, -0.15) is 0 Å². The SMILES string of the molecule is CCC1(CC(C)C)CCCC1OC(=O)c1cccc(C)c1. The fraction of sp³-hybridized carbons (Fsp3) is 0.632. The Labute approximate surface area is 128 Å². The van der Waals surface area contributed by atoms with E-state index in [1.54, 1.807) is 0 Å². The average molecular weight is 288 g/mol. The van der Waals surface area contributed by atoms with E-state index < -0.39 is 0 Å². The zero-order chi connectivity index (χ0) is 15.5. The van der Waals surface area contributed by atoms with E-state index in [4.69, 9.17) is 4.74 Å². The van der Waals surface area contributed by atoms with Crippen LogP contribution in [0.25, 0.3) is 0 Å². The van der Waals surface area contributed by atoms with Crippen molar-refractivity contribution < 1.29 is 9.53 Å². The van der Waals surface area contributed by atoms with Crippen molar-refractivity contribution in [3.8, 4) is 0 Å². The summed E-state index contributed by atoms with van der Waals surface area (Å²) in [5.41, 5.74) is 1.96. The topological polar surface area (TPSA) is 26.3 Å². The summed E-state index contributed by atoms with van der Waals surface area (Å²) in [5.74, 6) is 0.482. The van der Waals surface area contributed by atoms with Crippen LogP contribution in [0, 0.1) is 18.3 Å². The van der Waals surface area contributed by atoms with E-state index >= 15 is 0 Å². The molecule has 0 saturated heterocycles. The minimum Gasteiger partial charge on any atom is -0.458 e. The van der Waals surface area contributed by atoms with Crippen LogP contribution in [0.15, 0.2) is 24.3 Å². The highest BCUT2D eigenvalue weighted by Crippen LogP contribution is 2.47. The van der Waals surface area contributed by atoms with E-state index in [0.717, 1.165) is 24.8 Å². The summed E-state index contributed by atoms with van der Waals surface area (Å²) in [5, 5.41) is 0. The first-order chi connectivity index (χ1) is 9.97. The zero-order valence-electron chi connectivity index (χ0n) is 13.8. The lowest BCUT2D eigenvalue weighted by molar-refractivity contribution is -0.0140. The lowest BCUT2D eigenvalue weighted by Crippen LogP contribution is -2.35. The maximum Gasteiger partial charge on any atom is 0.338 e. The number of hydrogen-bond acceptors (Lipinski definition) is 2. The molecule has 1 aromatic carbocycles. The molecule has 0 radical (unpaired) electrons. The minimum absolute atomic E-state index is 0.0814. The number of hydrogen-bond donors (Lipinski definition) is 0. The van der Waals surface area contributed by atoms with Gasteiger partial charge < -0.3 is 4.74 Å². The molecule has 0 heterocycles. The zero-order valence-corrected chi connectivity index (χ0v) is 13.8. The molecule has 1 saturated carbocycles. The van der Waals surface area contributed by atoms with Gasteiger partial charge in [0.05, 0.1) is 5.56 Å².